The van der Waals surface area contributed by atoms with Gasteiger partial charge in [-0.1, -0.05) is 26.0 Å². The summed E-state index contributed by atoms with van der Waals surface area (Å²) in [4.78, 5) is 16.8. The smallest absolute Gasteiger partial charge is 0.226 e. The number of morpholine rings is 1. The quantitative estimate of drug-likeness (QED) is 0.779. The van der Waals surface area contributed by atoms with E-state index in [1.807, 2.05) is 24.3 Å². The highest BCUT2D eigenvalue weighted by Crippen LogP contribution is 2.26. The Hall–Kier alpha value is -2.25. The summed E-state index contributed by atoms with van der Waals surface area (Å²) in [6, 6.07) is 7.63. The Kier molecular flexibility index (Phi) is 5.22. The van der Waals surface area contributed by atoms with Crippen LogP contribution in [0.2, 0.25) is 0 Å². The van der Waals surface area contributed by atoms with Crippen molar-refractivity contribution in [1.29, 1.82) is 0 Å². The predicted molar refractivity (Wildman–Crippen MR) is 91.8 cm³/mol. The minimum absolute atomic E-state index is 0.0509. The largest absolute Gasteiger partial charge is 0.378 e. The summed E-state index contributed by atoms with van der Waals surface area (Å²) in [5.74, 6) is 1.64. The molecule has 1 atom stereocenters. The number of H-pyrrole nitrogens is 1. The number of rotatable bonds is 5. The lowest BCUT2D eigenvalue weighted by Gasteiger charge is -2.23. The molecule has 1 aliphatic heterocycles. The molecule has 7 nitrogen and oxygen atoms in total. The SMILES string of the molecule is CC(C)c1nc(-c2ccccc2NC(=O)CC2COCCN2)n[nH]1. The highest BCUT2D eigenvalue weighted by molar-refractivity contribution is 5.95. The number of para-hydroxylation sites is 1. The maximum Gasteiger partial charge on any atom is 0.226 e. The summed E-state index contributed by atoms with van der Waals surface area (Å²) in [5.41, 5.74) is 1.52. The molecule has 1 aliphatic rings. The highest BCUT2D eigenvalue weighted by Gasteiger charge is 2.18. The van der Waals surface area contributed by atoms with Gasteiger partial charge in [0, 0.05) is 30.5 Å². The number of nitrogens with one attached hydrogen (secondary N) is 3. The van der Waals surface area contributed by atoms with Gasteiger partial charge < -0.3 is 15.4 Å². The second-order valence-electron chi connectivity index (χ2n) is 6.22. The molecule has 0 aliphatic carbocycles. The average molecular weight is 329 g/mol. The minimum atomic E-state index is -0.0509. The van der Waals surface area contributed by atoms with Crippen molar-refractivity contribution >= 4 is 11.6 Å². The fraction of sp³-hybridized carbons (Fsp3) is 0.471. The Bertz CT molecular complexity index is 692. The van der Waals surface area contributed by atoms with Crippen LogP contribution < -0.4 is 10.6 Å². The topological polar surface area (TPSA) is 91.9 Å². The van der Waals surface area contributed by atoms with Gasteiger partial charge in [0.1, 0.15) is 5.82 Å². The summed E-state index contributed by atoms with van der Waals surface area (Å²) >= 11 is 0. The molecular formula is C17H23N5O2. The van der Waals surface area contributed by atoms with E-state index in [1.54, 1.807) is 0 Å². The van der Waals surface area contributed by atoms with E-state index in [4.69, 9.17) is 4.74 Å². The zero-order chi connectivity index (χ0) is 16.9. The molecule has 3 rings (SSSR count). The van der Waals surface area contributed by atoms with Gasteiger partial charge in [0.15, 0.2) is 5.82 Å². The molecule has 2 aromatic rings. The molecule has 0 spiro atoms. The fourth-order valence-corrected chi connectivity index (χ4v) is 2.62. The van der Waals surface area contributed by atoms with Crippen LogP contribution in [0.25, 0.3) is 11.4 Å². The highest BCUT2D eigenvalue weighted by atomic mass is 16.5. The van der Waals surface area contributed by atoms with Gasteiger partial charge in [-0.3, -0.25) is 9.89 Å². The summed E-state index contributed by atoms with van der Waals surface area (Å²) in [6.45, 7) is 6.15. The first-order chi connectivity index (χ1) is 11.6. The Labute approximate surface area is 141 Å². The third-order valence-corrected chi connectivity index (χ3v) is 3.92. The van der Waals surface area contributed by atoms with E-state index < -0.39 is 0 Å². The molecule has 1 aromatic carbocycles. The Balaban J connectivity index is 1.72. The maximum atomic E-state index is 12.3. The number of hydrogen-bond donors (Lipinski definition) is 3. The molecular weight excluding hydrogens is 306 g/mol. The van der Waals surface area contributed by atoms with E-state index in [0.717, 1.165) is 17.9 Å². The molecule has 24 heavy (non-hydrogen) atoms. The van der Waals surface area contributed by atoms with Gasteiger partial charge in [-0.05, 0) is 12.1 Å². The lowest BCUT2D eigenvalue weighted by molar-refractivity contribution is -0.117. The van der Waals surface area contributed by atoms with Crippen molar-refractivity contribution in [1.82, 2.24) is 20.5 Å². The van der Waals surface area contributed by atoms with Crippen molar-refractivity contribution in [2.45, 2.75) is 32.2 Å². The van der Waals surface area contributed by atoms with Crippen LogP contribution in [0.5, 0.6) is 0 Å². The average Bonchev–Trinajstić information content (AvgIpc) is 3.06. The molecule has 0 radical (unpaired) electrons. The van der Waals surface area contributed by atoms with Crippen molar-refractivity contribution in [3.63, 3.8) is 0 Å². The molecule has 1 aromatic heterocycles. The summed E-state index contributed by atoms with van der Waals surface area (Å²) < 4.78 is 5.38. The molecule has 1 fully saturated rings. The second kappa shape index (κ2) is 7.55. The maximum absolute atomic E-state index is 12.3. The van der Waals surface area contributed by atoms with Crippen LogP contribution in [0.15, 0.2) is 24.3 Å². The number of carbonyl (C=O) groups excluding carboxylic acids is 1. The predicted octanol–water partition coefficient (Wildman–Crippen LogP) is 1.91. The van der Waals surface area contributed by atoms with E-state index in [1.165, 1.54) is 0 Å². The minimum Gasteiger partial charge on any atom is -0.378 e. The number of hydrogen-bond acceptors (Lipinski definition) is 5. The third-order valence-electron chi connectivity index (χ3n) is 3.92. The molecule has 0 bridgehead atoms. The first-order valence-corrected chi connectivity index (χ1v) is 8.26. The van der Waals surface area contributed by atoms with Gasteiger partial charge in [0.2, 0.25) is 5.91 Å². The number of anilines is 1. The van der Waals surface area contributed by atoms with E-state index >= 15 is 0 Å². The lowest BCUT2D eigenvalue weighted by Crippen LogP contribution is -2.43. The zero-order valence-electron chi connectivity index (χ0n) is 14.0. The Morgan fingerprint density at radius 1 is 1.42 bits per heavy atom. The summed E-state index contributed by atoms with van der Waals surface area (Å²) in [6.07, 6.45) is 0.375. The number of aromatic nitrogens is 3. The van der Waals surface area contributed by atoms with Crippen molar-refractivity contribution in [2.24, 2.45) is 0 Å². The summed E-state index contributed by atoms with van der Waals surface area (Å²) in [7, 11) is 0. The van der Waals surface area contributed by atoms with Crippen molar-refractivity contribution < 1.29 is 9.53 Å². The second-order valence-corrected chi connectivity index (χ2v) is 6.22. The lowest BCUT2D eigenvalue weighted by atomic mass is 10.1. The van der Waals surface area contributed by atoms with Gasteiger partial charge in [0.05, 0.1) is 18.9 Å². The molecule has 1 saturated heterocycles. The van der Waals surface area contributed by atoms with Gasteiger partial charge in [-0.15, -0.1) is 0 Å². The molecule has 0 saturated carbocycles. The molecule has 1 amide bonds. The van der Waals surface area contributed by atoms with Crippen LogP contribution in [-0.4, -0.2) is 46.9 Å². The van der Waals surface area contributed by atoms with Crippen LogP contribution in [-0.2, 0) is 9.53 Å². The van der Waals surface area contributed by atoms with Crippen LogP contribution in [0, 0.1) is 0 Å². The molecule has 1 unspecified atom stereocenters. The number of amides is 1. The van der Waals surface area contributed by atoms with Crippen molar-refractivity contribution in [2.75, 3.05) is 25.1 Å². The number of carbonyl (C=O) groups is 1. The van der Waals surface area contributed by atoms with E-state index in [0.29, 0.717) is 31.1 Å². The van der Waals surface area contributed by atoms with Gasteiger partial charge >= 0.3 is 0 Å². The molecule has 2 heterocycles. The Morgan fingerprint density at radius 2 is 2.25 bits per heavy atom. The van der Waals surface area contributed by atoms with Crippen LogP contribution >= 0.6 is 0 Å². The van der Waals surface area contributed by atoms with Crippen LogP contribution in [0.4, 0.5) is 5.69 Å². The van der Waals surface area contributed by atoms with E-state index in [9.17, 15) is 4.79 Å². The number of nitrogens with zero attached hydrogens (tertiary/aromatic N) is 2. The van der Waals surface area contributed by atoms with Gasteiger partial charge in [-0.2, -0.15) is 5.10 Å². The standard InChI is InChI=1S/C17H23N5O2/c1-11(2)16-20-17(22-21-16)13-5-3-4-6-14(13)19-15(23)9-12-10-24-8-7-18-12/h3-6,11-12,18H,7-10H2,1-2H3,(H,19,23)(H,20,21,22). The van der Waals surface area contributed by atoms with Gasteiger partial charge in [0.25, 0.3) is 0 Å². The molecule has 7 heteroatoms. The zero-order valence-corrected chi connectivity index (χ0v) is 14.0. The van der Waals surface area contributed by atoms with Gasteiger partial charge in [-0.25, -0.2) is 4.98 Å². The normalized spacial score (nSPS) is 17.9. The first kappa shape index (κ1) is 16.6. The van der Waals surface area contributed by atoms with E-state index in [2.05, 4.69) is 39.7 Å². The van der Waals surface area contributed by atoms with Crippen LogP contribution in [0.1, 0.15) is 32.0 Å². The third kappa shape index (κ3) is 3.98. The van der Waals surface area contributed by atoms with Crippen molar-refractivity contribution in [3.05, 3.63) is 30.1 Å². The molecule has 128 valence electrons. The number of ether oxygens (including phenoxy) is 1. The number of benzene rings is 1. The number of aromatic amines is 1. The van der Waals surface area contributed by atoms with Crippen LogP contribution in [0.3, 0.4) is 0 Å². The van der Waals surface area contributed by atoms with E-state index in [-0.39, 0.29) is 17.9 Å². The molecule has 3 N–H and O–H groups in total. The fourth-order valence-electron chi connectivity index (χ4n) is 2.62. The van der Waals surface area contributed by atoms with Crippen molar-refractivity contribution in [3.8, 4) is 11.4 Å². The monoisotopic (exact) mass is 329 g/mol. The summed E-state index contributed by atoms with van der Waals surface area (Å²) in [5, 5.41) is 13.5. The Morgan fingerprint density at radius 3 is 2.96 bits per heavy atom. The first-order valence-electron chi connectivity index (χ1n) is 8.26.